The van der Waals surface area contributed by atoms with E-state index in [4.69, 9.17) is 0 Å². The molecule has 2 amide bonds. The first-order valence-corrected chi connectivity index (χ1v) is 6.01. The van der Waals surface area contributed by atoms with Crippen LogP contribution in [-0.2, 0) is 16.1 Å². The molecule has 0 unspecified atom stereocenters. The SMILES string of the molecule is CC(=O)NCCC(=O)Nc1cnn2c1NCCC2. The molecule has 0 saturated carbocycles. The maximum atomic E-state index is 11.7. The monoisotopic (exact) mass is 251 g/mol. The van der Waals surface area contributed by atoms with Gasteiger partial charge in [0.25, 0.3) is 0 Å². The quantitative estimate of drug-likeness (QED) is 0.711. The van der Waals surface area contributed by atoms with E-state index in [2.05, 4.69) is 21.0 Å². The Morgan fingerprint density at radius 3 is 3.17 bits per heavy atom. The number of fused-ring (bicyclic) bond motifs is 1. The molecule has 0 bridgehead atoms. The van der Waals surface area contributed by atoms with Crippen LogP contribution >= 0.6 is 0 Å². The lowest BCUT2D eigenvalue weighted by molar-refractivity contribution is -0.119. The summed E-state index contributed by atoms with van der Waals surface area (Å²) in [5, 5.41) is 12.8. The molecule has 98 valence electrons. The van der Waals surface area contributed by atoms with Crippen LogP contribution in [0, 0.1) is 0 Å². The van der Waals surface area contributed by atoms with Crippen LogP contribution in [0.4, 0.5) is 11.5 Å². The summed E-state index contributed by atoms with van der Waals surface area (Å²) in [5.74, 6) is 0.591. The third-order valence-electron chi connectivity index (χ3n) is 2.68. The standard InChI is InChI=1S/C11H17N5O2/c1-8(17)12-5-3-10(18)15-9-7-14-16-6-2-4-13-11(9)16/h7,13H,2-6H2,1H3,(H,12,17)(H,15,18). The van der Waals surface area contributed by atoms with Crippen LogP contribution in [-0.4, -0.2) is 34.7 Å². The van der Waals surface area contributed by atoms with Gasteiger partial charge in [-0.25, -0.2) is 4.68 Å². The normalized spacial score (nSPS) is 13.4. The second kappa shape index (κ2) is 5.52. The summed E-state index contributed by atoms with van der Waals surface area (Å²) in [6.45, 7) is 3.53. The van der Waals surface area contributed by atoms with E-state index in [0.717, 1.165) is 25.3 Å². The number of hydrogen-bond donors (Lipinski definition) is 3. The molecule has 0 radical (unpaired) electrons. The van der Waals surface area contributed by atoms with Crippen molar-refractivity contribution >= 4 is 23.3 Å². The van der Waals surface area contributed by atoms with Gasteiger partial charge in [0.2, 0.25) is 11.8 Å². The van der Waals surface area contributed by atoms with Gasteiger partial charge in [0.1, 0.15) is 11.5 Å². The summed E-state index contributed by atoms with van der Waals surface area (Å²) in [6, 6.07) is 0. The summed E-state index contributed by atoms with van der Waals surface area (Å²) in [6.07, 6.45) is 2.93. The van der Waals surface area contributed by atoms with E-state index in [0.29, 0.717) is 12.2 Å². The van der Waals surface area contributed by atoms with E-state index < -0.39 is 0 Å². The van der Waals surface area contributed by atoms with Gasteiger partial charge in [-0.2, -0.15) is 5.10 Å². The maximum Gasteiger partial charge on any atom is 0.226 e. The number of carbonyl (C=O) groups is 2. The van der Waals surface area contributed by atoms with Crippen molar-refractivity contribution in [2.24, 2.45) is 0 Å². The van der Waals surface area contributed by atoms with Gasteiger partial charge >= 0.3 is 0 Å². The number of amides is 2. The van der Waals surface area contributed by atoms with Gasteiger partial charge in [0, 0.05) is 33.0 Å². The first-order valence-electron chi connectivity index (χ1n) is 6.01. The smallest absolute Gasteiger partial charge is 0.226 e. The zero-order valence-electron chi connectivity index (χ0n) is 10.3. The fraction of sp³-hybridized carbons (Fsp3) is 0.545. The number of aryl methyl sites for hydroxylation is 1. The Balaban J connectivity index is 1.87. The lowest BCUT2D eigenvalue weighted by atomic mass is 10.3. The number of nitrogens with zero attached hydrogens (tertiary/aromatic N) is 2. The van der Waals surface area contributed by atoms with Crippen molar-refractivity contribution in [3.8, 4) is 0 Å². The van der Waals surface area contributed by atoms with Crippen LogP contribution in [0.1, 0.15) is 19.8 Å². The molecule has 7 heteroatoms. The molecule has 0 atom stereocenters. The second-order valence-electron chi connectivity index (χ2n) is 4.19. The molecule has 1 aliphatic rings. The highest BCUT2D eigenvalue weighted by Crippen LogP contribution is 2.24. The molecule has 0 spiro atoms. The van der Waals surface area contributed by atoms with E-state index in [9.17, 15) is 9.59 Å². The van der Waals surface area contributed by atoms with E-state index in [1.165, 1.54) is 6.92 Å². The molecule has 0 saturated heterocycles. The molecule has 0 aliphatic carbocycles. The first kappa shape index (κ1) is 12.4. The number of rotatable bonds is 4. The van der Waals surface area contributed by atoms with Gasteiger partial charge in [-0.05, 0) is 6.42 Å². The Morgan fingerprint density at radius 1 is 1.56 bits per heavy atom. The van der Waals surface area contributed by atoms with Crippen LogP contribution in [0.5, 0.6) is 0 Å². The number of aromatic nitrogens is 2. The van der Waals surface area contributed by atoms with Gasteiger partial charge in [-0.15, -0.1) is 0 Å². The molecular weight excluding hydrogens is 234 g/mol. The predicted octanol–water partition coefficient (Wildman–Crippen LogP) is 0.163. The highest BCUT2D eigenvalue weighted by molar-refractivity contribution is 5.93. The number of hydrogen-bond acceptors (Lipinski definition) is 4. The van der Waals surface area contributed by atoms with E-state index >= 15 is 0 Å². The van der Waals surface area contributed by atoms with Gasteiger partial charge in [-0.1, -0.05) is 0 Å². The highest BCUT2D eigenvalue weighted by atomic mass is 16.2. The fourth-order valence-corrected chi connectivity index (χ4v) is 1.83. The van der Waals surface area contributed by atoms with E-state index in [-0.39, 0.29) is 18.2 Å². The van der Waals surface area contributed by atoms with Crippen molar-refractivity contribution in [1.82, 2.24) is 15.1 Å². The summed E-state index contributed by atoms with van der Waals surface area (Å²) in [4.78, 5) is 22.3. The average Bonchev–Trinajstić information content (AvgIpc) is 2.72. The third-order valence-corrected chi connectivity index (χ3v) is 2.68. The topological polar surface area (TPSA) is 88.1 Å². The van der Waals surface area contributed by atoms with E-state index in [1.807, 2.05) is 4.68 Å². The van der Waals surface area contributed by atoms with Gasteiger partial charge in [-0.3, -0.25) is 9.59 Å². The minimum atomic E-state index is -0.132. The van der Waals surface area contributed by atoms with Crippen LogP contribution < -0.4 is 16.0 Å². The van der Waals surface area contributed by atoms with Crippen molar-refractivity contribution in [2.45, 2.75) is 26.3 Å². The second-order valence-corrected chi connectivity index (χ2v) is 4.19. The molecule has 2 rings (SSSR count). The van der Waals surface area contributed by atoms with Crippen LogP contribution in [0.25, 0.3) is 0 Å². The Bertz CT molecular complexity index is 454. The molecule has 0 aromatic carbocycles. The van der Waals surface area contributed by atoms with Crippen molar-refractivity contribution in [3.05, 3.63) is 6.20 Å². The molecule has 0 fully saturated rings. The highest BCUT2D eigenvalue weighted by Gasteiger charge is 2.15. The molecule has 18 heavy (non-hydrogen) atoms. The number of anilines is 2. The molecule has 1 aliphatic heterocycles. The van der Waals surface area contributed by atoms with Gasteiger partial charge in [0.05, 0.1) is 6.20 Å². The molecule has 1 aromatic heterocycles. The van der Waals surface area contributed by atoms with Crippen LogP contribution in [0.3, 0.4) is 0 Å². The lowest BCUT2D eigenvalue weighted by Crippen LogP contribution is -2.25. The predicted molar refractivity (Wildman–Crippen MR) is 67.3 cm³/mol. The molecule has 3 N–H and O–H groups in total. The zero-order chi connectivity index (χ0) is 13.0. The van der Waals surface area contributed by atoms with Gasteiger partial charge in [0.15, 0.2) is 0 Å². The minimum absolute atomic E-state index is 0.132. The van der Waals surface area contributed by atoms with Crippen molar-refractivity contribution in [1.29, 1.82) is 0 Å². The number of carbonyl (C=O) groups excluding carboxylic acids is 2. The average molecular weight is 251 g/mol. The summed E-state index contributed by atoms with van der Waals surface area (Å²) in [7, 11) is 0. The summed E-state index contributed by atoms with van der Waals surface area (Å²) in [5.41, 5.74) is 0.697. The Kier molecular flexibility index (Phi) is 3.81. The molecule has 2 heterocycles. The summed E-state index contributed by atoms with van der Waals surface area (Å²) >= 11 is 0. The van der Waals surface area contributed by atoms with Crippen molar-refractivity contribution < 1.29 is 9.59 Å². The maximum absolute atomic E-state index is 11.7. The van der Waals surface area contributed by atoms with E-state index in [1.54, 1.807) is 6.20 Å². The minimum Gasteiger partial charge on any atom is -0.368 e. The molecular formula is C11H17N5O2. The fourth-order valence-electron chi connectivity index (χ4n) is 1.83. The first-order chi connectivity index (χ1) is 8.66. The van der Waals surface area contributed by atoms with Crippen molar-refractivity contribution in [3.63, 3.8) is 0 Å². The Labute approximate surface area is 105 Å². The number of nitrogens with one attached hydrogen (secondary N) is 3. The Hall–Kier alpha value is -2.05. The van der Waals surface area contributed by atoms with Crippen LogP contribution in [0.15, 0.2) is 6.20 Å². The van der Waals surface area contributed by atoms with Gasteiger partial charge < -0.3 is 16.0 Å². The largest absolute Gasteiger partial charge is 0.368 e. The third kappa shape index (κ3) is 2.99. The van der Waals surface area contributed by atoms with Crippen LogP contribution in [0.2, 0.25) is 0 Å². The molecule has 7 nitrogen and oxygen atoms in total. The Morgan fingerprint density at radius 2 is 2.39 bits per heavy atom. The molecule has 1 aromatic rings. The summed E-state index contributed by atoms with van der Waals surface area (Å²) < 4.78 is 1.84. The lowest BCUT2D eigenvalue weighted by Gasteiger charge is -2.17. The van der Waals surface area contributed by atoms with Crippen molar-refractivity contribution in [2.75, 3.05) is 23.7 Å². The zero-order valence-corrected chi connectivity index (χ0v) is 10.3.